The number of benzene rings is 13. The van der Waals surface area contributed by atoms with Gasteiger partial charge in [-0.15, -0.1) is 0 Å². The number of para-hydroxylation sites is 6. The molecule has 0 N–H and O–H groups in total. The van der Waals surface area contributed by atoms with Gasteiger partial charge in [0.05, 0.1) is 44.1 Å². The predicted octanol–water partition coefficient (Wildman–Crippen LogP) is 18.1. The first kappa shape index (κ1) is 44.9. The standard InChI is InChI=1S/C78H47BN4/c1-5-25-54-50(21-1)52-23-3-7-27-56(52)64-47-65-57-28-8-4-24-53(57)51-22-2-6-26-55(51)59-30-10-20-40-73(59)83-75-46-49(81-70-37-17-13-33-62(70)63-34-14-18-38-71(63)81)42-44-67(75)79-66-43-41-48(80-68-35-15-11-31-60(68)61-32-12-16-36-69(61)80)45-74(66)82(77(64)76(79)78(65)83)72-39-19-9-29-58(54)72/h1-47H. The van der Waals surface area contributed by atoms with E-state index in [1.54, 1.807) is 0 Å². The fraction of sp³-hybridized carbons (Fsp3) is 0. The summed E-state index contributed by atoms with van der Waals surface area (Å²) in [5.41, 5.74) is 17.8. The van der Waals surface area contributed by atoms with Gasteiger partial charge < -0.3 is 18.3 Å². The van der Waals surface area contributed by atoms with E-state index in [0.717, 1.165) is 33.8 Å². The van der Waals surface area contributed by atoms with Crippen molar-refractivity contribution in [3.63, 3.8) is 0 Å². The Kier molecular flexibility index (Phi) is 9.11. The maximum Gasteiger partial charge on any atom is 0.252 e. The molecule has 5 heteroatoms. The van der Waals surface area contributed by atoms with E-state index < -0.39 is 0 Å². The van der Waals surface area contributed by atoms with Crippen LogP contribution in [0.4, 0.5) is 0 Å². The highest BCUT2D eigenvalue weighted by atomic mass is 15.0. The van der Waals surface area contributed by atoms with Gasteiger partial charge in [0, 0.05) is 65.8 Å². The van der Waals surface area contributed by atoms with Crippen LogP contribution in [0.15, 0.2) is 285 Å². The molecule has 0 spiro atoms. The maximum absolute atomic E-state index is 2.68. The van der Waals surface area contributed by atoms with E-state index in [1.807, 2.05) is 0 Å². The Morgan fingerprint density at radius 3 is 0.723 bits per heavy atom. The minimum absolute atomic E-state index is 0.194. The second-order valence-corrected chi connectivity index (χ2v) is 22.6. The van der Waals surface area contributed by atoms with Gasteiger partial charge in [0.25, 0.3) is 6.71 Å². The smallest absolute Gasteiger partial charge is 0.252 e. The summed E-state index contributed by atoms with van der Waals surface area (Å²) in [6, 6.07) is 108. The maximum atomic E-state index is 2.68. The Morgan fingerprint density at radius 2 is 0.422 bits per heavy atom. The average molecular weight is 1050 g/mol. The summed E-state index contributed by atoms with van der Waals surface area (Å²) < 4.78 is 10.3. The molecule has 13 aromatic carbocycles. The van der Waals surface area contributed by atoms with Crippen molar-refractivity contribution in [3.8, 4) is 22.7 Å². The Labute approximate surface area is 476 Å². The van der Waals surface area contributed by atoms with E-state index in [9.17, 15) is 0 Å². The van der Waals surface area contributed by atoms with Crippen LogP contribution in [0, 0.1) is 0 Å². The number of rotatable bonds is 2. The molecule has 0 atom stereocenters. The summed E-state index contributed by atoms with van der Waals surface area (Å²) >= 11 is 0. The van der Waals surface area contributed by atoms with Gasteiger partial charge in [0.1, 0.15) is 0 Å². The van der Waals surface area contributed by atoms with Crippen LogP contribution in [0.5, 0.6) is 0 Å². The highest BCUT2D eigenvalue weighted by Gasteiger charge is 2.40. The molecule has 2 aliphatic heterocycles. The van der Waals surface area contributed by atoms with Crippen LogP contribution in [-0.2, 0) is 0 Å². The van der Waals surface area contributed by atoms with E-state index >= 15 is 0 Å². The Morgan fingerprint density at radius 1 is 0.193 bits per heavy atom. The highest BCUT2D eigenvalue weighted by Crippen LogP contribution is 2.43. The third-order valence-electron chi connectivity index (χ3n) is 18.6. The van der Waals surface area contributed by atoms with Crippen molar-refractivity contribution in [2.75, 3.05) is 0 Å². The number of hydrogen-bond donors (Lipinski definition) is 0. The van der Waals surface area contributed by atoms with Crippen LogP contribution in [0.1, 0.15) is 0 Å². The molecule has 4 aromatic heterocycles. The Hall–Kier alpha value is -10.9. The van der Waals surface area contributed by atoms with Crippen LogP contribution >= 0.6 is 0 Å². The van der Waals surface area contributed by atoms with Gasteiger partial charge >= 0.3 is 0 Å². The SMILES string of the molecule is c1ccc2c(c1)c1ccccc1c1cc3c4ccccc4c4ccccc4c4ccccc4n4c3c3c1n(c1ccccc21)-c1cc(-n2c5ccccc5c5ccccc52)ccc1B3c1ccc(-n2c3ccccc3c3ccccc32)cc1-4. The summed E-state index contributed by atoms with van der Waals surface area (Å²) in [7, 11) is 0. The first-order chi connectivity index (χ1) is 41.2. The minimum Gasteiger partial charge on any atom is -0.310 e. The molecular formula is C78H47BN4. The lowest BCUT2D eigenvalue weighted by Crippen LogP contribution is -2.59. The normalized spacial score (nSPS) is 12.6. The fourth-order valence-electron chi connectivity index (χ4n) is 15.3. The van der Waals surface area contributed by atoms with Gasteiger partial charge in [-0.1, -0.05) is 218 Å². The average Bonchev–Trinajstić information content (AvgIpc) is 4.25. The lowest BCUT2D eigenvalue weighted by molar-refractivity contribution is 1.12. The van der Waals surface area contributed by atoms with Gasteiger partial charge in [0.15, 0.2) is 0 Å². The van der Waals surface area contributed by atoms with E-state index in [2.05, 4.69) is 303 Å². The van der Waals surface area contributed by atoms with Crippen molar-refractivity contribution in [1.82, 2.24) is 18.3 Å². The molecule has 0 unspecified atom stereocenters. The third-order valence-corrected chi connectivity index (χ3v) is 18.6. The first-order valence-corrected chi connectivity index (χ1v) is 28.9. The molecule has 0 bridgehead atoms. The topological polar surface area (TPSA) is 19.7 Å². The van der Waals surface area contributed by atoms with Crippen LogP contribution in [-0.4, -0.2) is 25.0 Å². The minimum atomic E-state index is -0.194. The number of aromatic nitrogens is 4. The third kappa shape index (κ3) is 6.04. The molecule has 17 aromatic rings. The van der Waals surface area contributed by atoms with E-state index in [-0.39, 0.29) is 6.71 Å². The Bertz CT molecular complexity index is 5440. The largest absolute Gasteiger partial charge is 0.310 e. The zero-order valence-corrected chi connectivity index (χ0v) is 45.0. The fourth-order valence-corrected chi connectivity index (χ4v) is 15.3. The number of hydrogen-bond acceptors (Lipinski definition) is 0. The van der Waals surface area contributed by atoms with Gasteiger partial charge in [0.2, 0.25) is 0 Å². The van der Waals surface area contributed by atoms with Crippen molar-refractivity contribution in [2.45, 2.75) is 0 Å². The van der Waals surface area contributed by atoms with Crippen molar-refractivity contribution in [1.29, 1.82) is 0 Å². The number of fused-ring (bicyclic) bond motifs is 26. The molecule has 0 aliphatic carbocycles. The van der Waals surface area contributed by atoms with Crippen LogP contribution in [0.2, 0.25) is 0 Å². The van der Waals surface area contributed by atoms with Crippen LogP contribution in [0.3, 0.4) is 0 Å². The van der Waals surface area contributed by atoms with E-state index in [1.165, 1.54) is 136 Å². The molecule has 0 fully saturated rings. The van der Waals surface area contributed by atoms with Crippen LogP contribution < -0.4 is 16.4 Å². The molecular weight excluding hydrogens is 1000 g/mol. The van der Waals surface area contributed by atoms with E-state index in [0.29, 0.717) is 0 Å². The van der Waals surface area contributed by atoms with Crippen molar-refractivity contribution in [2.24, 2.45) is 0 Å². The number of nitrogens with zero attached hydrogens (tertiary/aromatic N) is 4. The van der Waals surface area contributed by atoms with Crippen molar-refractivity contribution >= 4 is 153 Å². The molecule has 382 valence electrons. The quantitative estimate of drug-likeness (QED) is 0.154. The molecule has 6 heterocycles. The lowest BCUT2D eigenvalue weighted by atomic mass is 9.34. The summed E-state index contributed by atoms with van der Waals surface area (Å²) in [6.45, 7) is -0.194. The molecule has 83 heavy (non-hydrogen) atoms. The molecule has 4 nitrogen and oxygen atoms in total. The molecule has 19 rings (SSSR count). The van der Waals surface area contributed by atoms with Crippen molar-refractivity contribution in [3.05, 3.63) is 285 Å². The molecule has 2 aliphatic rings. The Balaban J connectivity index is 1.12. The van der Waals surface area contributed by atoms with Gasteiger partial charge in [-0.3, -0.25) is 0 Å². The van der Waals surface area contributed by atoms with Gasteiger partial charge in [-0.05, 0) is 126 Å². The van der Waals surface area contributed by atoms with Gasteiger partial charge in [-0.2, -0.15) is 0 Å². The highest BCUT2D eigenvalue weighted by molar-refractivity contribution is 7.00. The summed E-state index contributed by atoms with van der Waals surface area (Å²) in [4.78, 5) is 0. The predicted molar refractivity (Wildman–Crippen MR) is 354 cm³/mol. The summed E-state index contributed by atoms with van der Waals surface area (Å²) in [6.07, 6.45) is 0. The van der Waals surface area contributed by atoms with Gasteiger partial charge in [-0.25, -0.2) is 0 Å². The monoisotopic (exact) mass is 1050 g/mol. The zero-order valence-electron chi connectivity index (χ0n) is 45.0. The summed E-state index contributed by atoms with van der Waals surface area (Å²) in [5.74, 6) is 0. The molecule has 0 amide bonds. The zero-order chi connectivity index (χ0) is 54.0. The second-order valence-electron chi connectivity index (χ2n) is 22.6. The van der Waals surface area contributed by atoms with Crippen LogP contribution in [0.25, 0.3) is 153 Å². The first-order valence-electron chi connectivity index (χ1n) is 28.9. The van der Waals surface area contributed by atoms with Crippen molar-refractivity contribution < 1.29 is 0 Å². The summed E-state index contributed by atoms with van der Waals surface area (Å²) in [5, 5.41) is 19.4. The molecule has 0 saturated carbocycles. The second kappa shape index (κ2) is 16.8. The van der Waals surface area contributed by atoms with E-state index in [4.69, 9.17) is 0 Å². The molecule has 0 saturated heterocycles. The molecule has 0 radical (unpaired) electrons. The lowest BCUT2D eigenvalue weighted by Gasteiger charge is -2.36.